The van der Waals surface area contributed by atoms with Crippen molar-refractivity contribution >= 4 is 100 Å². The quantitative estimate of drug-likeness (QED) is 0.0950. The third-order valence-electron chi connectivity index (χ3n) is 21.3. The van der Waals surface area contributed by atoms with E-state index in [2.05, 4.69) is 398 Å². The second kappa shape index (κ2) is 24.8. The molecule has 478 valence electrons. The summed E-state index contributed by atoms with van der Waals surface area (Å²) in [6.45, 7) is -0.187. The van der Waals surface area contributed by atoms with Crippen LogP contribution < -0.4 is 26.2 Å². The van der Waals surface area contributed by atoms with E-state index < -0.39 is 0 Å². The lowest BCUT2D eigenvalue weighted by Crippen LogP contribution is -2.61. The molecule has 3 heterocycles. The van der Waals surface area contributed by atoms with Gasteiger partial charge in [-0.3, -0.25) is 0 Å². The van der Waals surface area contributed by atoms with Crippen LogP contribution >= 0.6 is 0 Å². The molecule has 0 radical (unpaired) electrons. The predicted octanol–water partition coefficient (Wildman–Crippen LogP) is 24.8. The van der Waals surface area contributed by atoms with Crippen molar-refractivity contribution in [1.29, 1.82) is 0 Å². The van der Waals surface area contributed by atoms with Gasteiger partial charge in [0, 0.05) is 56.0 Å². The number of fused-ring (bicyclic) bond motifs is 12. The fourth-order valence-electron chi connectivity index (χ4n) is 16.5. The van der Waals surface area contributed by atoms with Crippen molar-refractivity contribution < 1.29 is 0 Å². The highest BCUT2D eigenvalue weighted by Gasteiger charge is 2.45. The zero-order valence-electron chi connectivity index (χ0n) is 56.4. The Balaban J connectivity index is 0.917. The number of hydrogen-bond acceptors (Lipinski definition) is 3. The van der Waals surface area contributed by atoms with Gasteiger partial charge < -0.3 is 9.80 Å². The Morgan fingerprint density at radius 3 is 0.835 bits per heavy atom. The maximum atomic E-state index is 5.94. The minimum Gasteiger partial charge on any atom is -0.311 e. The number of hydrogen-bond donors (Lipinski definition) is 0. The molecule has 17 aromatic carbocycles. The number of rotatable bonds is 11. The smallest absolute Gasteiger partial charge is 0.252 e. The molecule has 0 fully saturated rings. The van der Waals surface area contributed by atoms with E-state index in [-0.39, 0.29) is 6.71 Å². The lowest BCUT2D eigenvalue weighted by Gasteiger charge is -2.45. The standard InChI is InChI=1S/C99H64BN3/c1-7-23-65(24-8-1)71-39-45-83(46-40-71)102-95-63-80(79-61-93(81-57-75(67-27-11-3-12-28-67)55-76(58-81)68-29-13-4-14-30-68)101-94(62-79)82-59-77(69-31-15-5-16-32-69)56-78(60-82)70-33-17-6-18-34-70)64-96-97(95)100(91-53-51-87-85-37-21-19-35-73(85)43-49-89(87)98(91)102)92-54-52-88-86-38-22-20-36-74(86)44-50-90(88)99(92)103(96)84-47-41-72(42-48-84)66-25-9-2-10-26-66/h1-64H. The minimum absolute atomic E-state index is 0.187. The maximum absolute atomic E-state index is 5.94. The molecule has 0 N–H and O–H groups in total. The molecule has 0 saturated carbocycles. The molecule has 1 aromatic heterocycles. The number of aromatic nitrogens is 1. The predicted molar refractivity (Wildman–Crippen MR) is 437 cm³/mol. The normalized spacial score (nSPS) is 12.2. The van der Waals surface area contributed by atoms with Crippen molar-refractivity contribution in [2.24, 2.45) is 0 Å². The summed E-state index contributed by atoms with van der Waals surface area (Å²) in [5, 5.41) is 9.70. The van der Waals surface area contributed by atoms with Crippen LogP contribution in [-0.4, -0.2) is 11.7 Å². The van der Waals surface area contributed by atoms with Crippen LogP contribution in [-0.2, 0) is 0 Å². The first kappa shape index (κ1) is 59.6. The molecule has 4 heteroatoms. The molecular weight excluding hydrogens is 1240 g/mol. The molecule has 0 amide bonds. The molecule has 0 atom stereocenters. The van der Waals surface area contributed by atoms with Crippen molar-refractivity contribution in [3.05, 3.63) is 388 Å². The Morgan fingerprint density at radius 2 is 0.476 bits per heavy atom. The summed E-state index contributed by atoms with van der Waals surface area (Å²) in [5.41, 5.74) is 30.0. The third kappa shape index (κ3) is 10.4. The molecule has 0 aliphatic carbocycles. The van der Waals surface area contributed by atoms with E-state index in [4.69, 9.17) is 4.98 Å². The summed E-state index contributed by atoms with van der Waals surface area (Å²) in [6.07, 6.45) is 0. The van der Waals surface area contributed by atoms with Crippen LogP contribution in [0.15, 0.2) is 388 Å². The van der Waals surface area contributed by atoms with Gasteiger partial charge in [0.25, 0.3) is 6.71 Å². The van der Waals surface area contributed by atoms with Gasteiger partial charge in [0.15, 0.2) is 0 Å². The van der Waals surface area contributed by atoms with E-state index in [1.807, 2.05) is 0 Å². The molecule has 0 saturated heterocycles. The van der Waals surface area contributed by atoms with Crippen LogP contribution in [0.25, 0.3) is 143 Å². The van der Waals surface area contributed by atoms with Gasteiger partial charge in [-0.2, -0.15) is 0 Å². The average molecular weight is 1310 g/mol. The molecule has 103 heavy (non-hydrogen) atoms. The van der Waals surface area contributed by atoms with Gasteiger partial charge in [-0.25, -0.2) is 4.98 Å². The summed E-state index contributed by atoms with van der Waals surface area (Å²) < 4.78 is 0. The van der Waals surface area contributed by atoms with E-state index >= 15 is 0 Å². The fraction of sp³-hybridized carbons (Fsp3) is 0. The van der Waals surface area contributed by atoms with Crippen LogP contribution in [0, 0.1) is 0 Å². The SMILES string of the molecule is c1ccc(-c2ccc(N3c4cc(-c5cc(-c6cc(-c7ccccc7)cc(-c7ccccc7)c6)nc(-c6cc(-c7ccccc7)cc(-c7ccccc7)c6)c5)cc5c4B(c4ccc6c(ccc7ccccc76)c43)c3ccc4c(ccc6ccccc64)c3N5c3ccc(-c4ccccc4)cc3)cc2)cc1. The summed E-state index contributed by atoms with van der Waals surface area (Å²) in [4.78, 5) is 11.2. The Kier molecular flexibility index (Phi) is 14.4. The third-order valence-corrected chi connectivity index (χ3v) is 21.3. The molecule has 0 spiro atoms. The highest BCUT2D eigenvalue weighted by Crippen LogP contribution is 2.51. The highest BCUT2D eigenvalue weighted by molar-refractivity contribution is 7.01. The van der Waals surface area contributed by atoms with Gasteiger partial charge in [0.2, 0.25) is 0 Å². The van der Waals surface area contributed by atoms with Gasteiger partial charge in [-0.15, -0.1) is 0 Å². The summed E-state index contributed by atoms with van der Waals surface area (Å²) in [6, 6.07) is 144. The average Bonchev–Trinajstić information content (AvgIpc) is 0.684. The number of pyridine rings is 1. The van der Waals surface area contributed by atoms with Crippen LogP contribution in [0.1, 0.15) is 0 Å². The van der Waals surface area contributed by atoms with Gasteiger partial charge >= 0.3 is 0 Å². The van der Waals surface area contributed by atoms with Gasteiger partial charge in [0.1, 0.15) is 0 Å². The lowest BCUT2D eigenvalue weighted by atomic mass is 9.33. The van der Waals surface area contributed by atoms with Crippen molar-refractivity contribution in [1.82, 2.24) is 4.98 Å². The van der Waals surface area contributed by atoms with Crippen molar-refractivity contribution in [3.63, 3.8) is 0 Å². The maximum Gasteiger partial charge on any atom is 0.252 e. The number of benzene rings is 17. The fourth-order valence-corrected chi connectivity index (χ4v) is 16.5. The largest absolute Gasteiger partial charge is 0.311 e. The molecule has 3 nitrogen and oxygen atoms in total. The number of nitrogens with zero attached hydrogens (tertiary/aromatic N) is 3. The van der Waals surface area contributed by atoms with Crippen LogP contribution in [0.2, 0.25) is 0 Å². The first-order valence-electron chi connectivity index (χ1n) is 35.6. The van der Waals surface area contributed by atoms with E-state index in [1.54, 1.807) is 0 Å². The van der Waals surface area contributed by atoms with Crippen LogP contribution in [0.5, 0.6) is 0 Å². The lowest BCUT2D eigenvalue weighted by molar-refractivity contribution is 1.26. The first-order chi connectivity index (χ1) is 51.0. The second-order valence-corrected chi connectivity index (χ2v) is 27.3. The van der Waals surface area contributed by atoms with Gasteiger partial charge in [-0.05, 0) is 212 Å². The van der Waals surface area contributed by atoms with Crippen LogP contribution in [0.4, 0.5) is 34.1 Å². The Labute approximate surface area is 599 Å². The Bertz CT molecular complexity index is 5830. The summed E-state index contributed by atoms with van der Waals surface area (Å²) in [7, 11) is 0. The molecule has 18 aromatic rings. The zero-order chi connectivity index (χ0) is 67.9. The first-order valence-corrected chi connectivity index (χ1v) is 35.6. The molecule has 0 bridgehead atoms. The monoisotopic (exact) mass is 1310 g/mol. The Morgan fingerprint density at radius 1 is 0.194 bits per heavy atom. The van der Waals surface area contributed by atoms with Gasteiger partial charge in [0.05, 0.1) is 11.4 Å². The molecule has 20 rings (SSSR count). The van der Waals surface area contributed by atoms with Crippen molar-refractivity contribution in [3.8, 4) is 100 Å². The van der Waals surface area contributed by atoms with E-state index in [0.29, 0.717) is 0 Å². The van der Waals surface area contributed by atoms with Crippen molar-refractivity contribution in [2.75, 3.05) is 9.80 Å². The molecule has 0 unspecified atom stereocenters. The molecular formula is C99H64BN3. The number of anilines is 6. The Hall–Kier alpha value is -13.4. The van der Waals surface area contributed by atoms with Gasteiger partial charge in [-0.1, -0.05) is 303 Å². The van der Waals surface area contributed by atoms with Crippen molar-refractivity contribution in [2.45, 2.75) is 0 Å². The van der Waals surface area contributed by atoms with E-state index in [0.717, 1.165) is 112 Å². The molecule has 2 aliphatic heterocycles. The molecule has 2 aliphatic rings. The minimum atomic E-state index is -0.187. The van der Waals surface area contributed by atoms with Crippen LogP contribution in [0.3, 0.4) is 0 Å². The summed E-state index contributed by atoms with van der Waals surface area (Å²) >= 11 is 0. The zero-order valence-corrected chi connectivity index (χ0v) is 56.4. The van der Waals surface area contributed by atoms with E-state index in [1.165, 1.54) is 82.0 Å². The second-order valence-electron chi connectivity index (χ2n) is 27.3. The summed E-state index contributed by atoms with van der Waals surface area (Å²) in [5.74, 6) is 0. The topological polar surface area (TPSA) is 19.4 Å². The van der Waals surface area contributed by atoms with E-state index in [9.17, 15) is 0 Å². The highest BCUT2D eigenvalue weighted by atomic mass is 15.2.